The molecular formula is C17H19BrFNO. The highest BCUT2D eigenvalue weighted by Crippen LogP contribution is 2.22. The molecule has 0 amide bonds. The maximum absolute atomic E-state index is 13.4. The maximum atomic E-state index is 13.4. The molecule has 2 aromatic carbocycles. The molecule has 0 unspecified atom stereocenters. The minimum atomic E-state index is -0.270. The second kappa shape index (κ2) is 8.15. The van der Waals surface area contributed by atoms with E-state index >= 15 is 0 Å². The summed E-state index contributed by atoms with van der Waals surface area (Å²) in [5.41, 5.74) is 2.02. The van der Waals surface area contributed by atoms with Gasteiger partial charge in [-0.3, -0.25) is 0 Å². The monoisotopic (exact) mass is 351 g/mol. The van der Waals surface area contributed by atoms with Gasteiger partial charge in [0.2, 0.25) is 0 Å². The van der Waals surface area contributed by atoms with Crippen LogP contribution in [0.2, 0.25) is 0 Å². The Balaban J connectivity index is 1.90. The van der Waals surface area contributed by atoms with E-state index in [0.29, 0.717) is 11.1 Å². The van der Waals surface area contributed by atoms with E-state index < -0.39 is 0 Å². The van der Waals surface area contributed by atoms with Crippen molar-refractivity contribution in [3.63, 3.8) is 0 Å². The van der Waals surface area contributed by atoms with Gasteiger partial charge in [-0.1, -0.05) is 31.2 Å². The van der Waals surface area contributed by atoms with E-state index in [1.54, 1.807) is 6.07 Å². The summed E-state index contributed by atoms with van der Waals surface area (Å²) >= 11 is 3.24. The number of hydrogen-bond donors (Lipinski definition) is 1. The summed E-state index contributed by atoms with van der Waals surface area (Å²) < 4.78 is 19.6. The zero-order valence-corrected chi connectivity index (χ0v) is 13.6. The third-order valence-corrected chi connectivity index (χ3v) is 3.99. The van der Waals surface area contributed by atoms with Crippen molar-refractivity contribution in [2.45, 2.75) is 26.5 Å². The van der Waals surface area contributed by atoms with E-state index in [2.05, 4.69) is 28.2 Å². The average molecular weight is 352 g/mol. The first-order valence-corrected chi connectivity index (χ1v) is 7.85. The Kier molecular flexibility index (Phi) is 6.21. The maximum Gasteiger partial charge on any atom is 0.137 e. The Hall–Kier alpha value is -1.39. The molecule has 0 atom stereocenters. The second-order valence-electron chi connectivity index (χ2n) is 4.82. The van der Waals surface area contributed by atoms with Crippen LogP contribution in [-0.2, 0) is 13.2 Å². The minimum absolute atomic E-state index is 0.270. The first-order valence-electron chi connectivity index (χ1n) is 7.06. The fourth-order valence-electron chi connectivity index (χ4n) is 1.93. The van der Waals surface area contributed by atoms with Crippen molar-refractivity contribution in [1.29, 1.82) is 0 Å². The van der Waals surface area contributed by atoms with Crippen molar-refractivity contribution < 1.29 is 9.13 Å². The van der Waals surface area contributed by atoms with Crippen LogP contribution in [-0.4, -0.2) is 6.54 Å². The lowest BCUT2D eigenvalue weighted by atomic mass is 10.2. The molecule has 2 nitrogen and oxygen atoms in total. The largest absolute Gasteiger partial charge is 0.489 e. The molecule has 0 aliphatic rings. The molecule has 0 heterocycles. The standard InChI is InChI=1S/C17H19BrFNO/c1-2-10-20-11-13-6-8-15(9-7-13)21-12-14-4-3-5-16(19)17(14)18/h3-9,20H,2,10-12H2,1H3. The molecule has 2 rings (SSSR count). The zero-order chi connectivity index (χ0) is 15.1. The summed E-state index contributed by atoms with van der Waals surface area (Å²) in [7, 11) is 0. The van der Waals surface area contributed by atoms with Crippen molar-refractivity contribution in [2.24, 2.45) is 0 Å². The predicted octanol–water partition coefficient (Wildman–Crippen LogP) is 4.67. The van der Waals surface area contributed by atoms with E-state index in [1.807, 2.05) is 30.3 Å². The van der Waals surface area contributed by atoms with Crippen LogP contribution in [0.25, 0.3) is 0 Å². The molecule has 112 valence electrons. The minimum Gasteiger partial charge on any atom is -0.489 e. The molecule has 0 saturated carbocycles. The number of halogens is 2. The molecule has 0 fully saturated rings. The molecule has 1 N–H and O–H groups in total. The Morgan fingerprint density at radius 3 is 2.62 bits per heavy atom. The normalized spacial score (nSPS) is 10.6. The summed E-state index contributed by atoms with van der Waals surface area (Å²) in [5.74, 6) is 0.513. The lowest BCUT2D eigenvalue weighted by molar-refractivity contribution is 0.304. The van der Waals surface area contributed by atoms with E-state index in [9.17, 15) is 4.39 Å². The topological polar surface area (TPSA) is 21.3 Å². The van der Waals surface area contributed by atoms with Crippen LogP contribution in [0.3, 0.4) is 0 Å². The first kappa shape index (κ1) is 16.0. The van der Waals surface area contributed by atoms with Gasteiger partial charge in [0.15, 0.2) is 0 Å². The number of hydrogen-bond acceptors (Lipinski definition) is 2. The van der Waals surface area contributed by atoms with Crippen molar-refractivity contribution >= 4 is 15.9 Å². The van der Waals surface area contributed by atoms with Crippen LogP contribution < -0.4 is 10.1 Å². The van der Waals surface area contributed by atoms with E-state index in [-0.39, 0.29) is 5.82 Å². The molecule has 0 radical (unpaired) electrons. The second-order valence-corrected chi connectivity index (χ2v) is 5.62. The van der Waals surface area contributed by atoms with Crippen molar-refractivity contribution in [1.82, 2.24) is 5.32 Å². The summed E-state index contributed by atoms with van der Waals surface area (Å²) in [6, 6.07) is 12.9. The van der Waals surface area contributed by atoms with Gasteiger partial charge >= 0.3 is 0 Å². The van der Waals surface area contributed by atoms with Crippen LogP contribution in [0.15, 0.2) is 46.9 Å². The summed E-state index contributed by atoms with van der Waals surface area (Å²) in [6.45, 7) is 4.37. The quantitative estimate of drug-likeness (QED) is 0.732. The summed E-state index contributed by atoms with van der Waals surface area (Å²) in [4.78, 5) is 0. The number of ether oxygens (including phenoxy) is 1. The highest BCUT2D eigenvalue weighted by molar-refractivity contribution is 9.10. The van der Waals surface area contributed by atoms with Gasteiger partial charge in [-0.05, 0) is 52.7 Å². The number of rotatable bonds is 7. The van der Waals surface area contributed by atoms with Crippen molar-refractivity contribution in [3.8, 4) is 5.75 Å². The molecule has 0 bridgehead atoms. The average Bonchev–Trinajstić information content (AvgIpc) is 2.50. The molecule has 0 aliphatic heterocycles. The third-order valence-electron chi connectivity index (χ3n) is 3.11. The number of nitrogens with one attached hydrogen (secondary N) is 1. The van der Waals surface area contributed by atoms with E-state index in [0.717, 1.165) is 30.8 Å². The fourth-order valence-corrected chi connectivity index (χ4v) is 2.31. The van der Waals surface area contributed by atoms with Crippen LogP contribution in [0.1, 0.15) is 24.5 Å². The predicted molar refractivity (Wildman–Crippen MR) is 86.9 cm³/mol. The van der Waals surface area contributed by atoms with Gasteiger partial charge in [-0.2, -0.15) is 0 Å². The van der Waals surface area contributed by atoms with Crippen molar-refractivity contribution in [3.05, 3.63) is 63.9 Å². The van der Waals surface area contributed by atoms with Crippen LogP contribution in [0.5, 0.6) is 5.75 Å². The van der Waals surface area contributed by atoms with E-state index in [1.165, 1.54) is 11.6 Å². The SMILES string of the molecule is CCCNCc1ccc(OCc2cccc(F)c2Br)cc1. The Bertz CT molecular complexity index is 572. The van der Waals surface area contributed by atoms with Gasteiger partial charge < -0.3 is 10.1 Å². The molecular weight excluding hydrogens is 333 g/mol. The summed E-state index contributed by atoms with van der Waals surface area (Å²) in [5, 5.41) is 3.35. The molecule has 4 heteroatoms. The van der Waals surface area contributed by atoms with Crippen LogP contribution in [0, 0.1) is 5.82 Å². The van der Waals surface area contributed by atoms with Gasteiger partial charge in [-0.15, -0.1) is 0 Å². The Labute approximate surface area is 133 Å². The Morgan fingerprint density at radius 2 is 1.90 bits per heavy atom. The van der Waals surface area contributed by atoms with Crippen molar-refractivity contribution in [2.75, 3.05) is 6.54 Å². The molecule has 0 spiro atoms. The molecule has 21 heavy (non-hydrogen) atoms. The van der Waals surface area contributed by atoms with E-state index in [4.69, 9.17) is 4.74 Å². The smallest absolute Gasteiger partial charge is 0.137 e. The summed E-state index contributed by atoms with van der Waals surface area (Å²) in [6.07, 6.45) is 1.13. The van der Waals surface area contributed by atoms with Gasteiger partial charge in [0, 0.05) is 12.1 Å². The van der Waals surface area contributed by atoms with Crippen LogP contribution in [0.4, 0.5) is 4.39 Å². The number of benzene rings is 2. The third kappa shape index (κ3) is 4.83. The van der Waals surface area contributed by atoms with Gasteiger partial charge in [-0.25, -0.2) is 4.39 Å². The molecule has 0 aliphatic carbocycles. The van der Waals surface area contributed by atoms with Gasteiger partial charge in [0.05, 0.1) is 4.47 Å². The molecule has 0 saturated heterocycles. The first-order chi connectivity index (χ1) is 10.2. The van der Waals surface area contributed by atoms with Gasteiger partial charge in [0.1, 0.15) is 18.2 Å². The molecule has 2 aromatic rings. The highest BCUT2D eigenvalue weighted by atomic mass is 79.9. The zero-order valence-electron chi connectivity index (χ0n) is 12.0. The van der Waals surface area contributed by atoms with Gasteiger partial charge in [0.25, 0.3) is 0 Å². The Morgan fingerprint density at radius 1 is 1.14 bits per heavy atom. The lowest BCUT2D eigenvalue weighted by Crippen LogP contribution is -2.13. The highest BCUT2D eigenvalue weighted by Gasteiger charge is 2.05. The fraction of sp³-hybridized carbons (Fsp3) is 0.294. The van der Waals surface area contributed by atoms with Crippen LogP contribution >= 0.6 is 15.9 Å². The molecule has 0 aromatic heterocycles. The lowest BCUT2D eigenvalue weighted by Gasteiger charge is -2.09.